The number of hydrogen-bond acceptors (Lipinski definition) is 4. The van der Waals surface area contributed by atoms with Crippen LogP contribution in [0.25, 0.3) is 17.5 Å². The quantitative estimate of drug-likeness (QED) is 0.232. The van der Waals surface area contributed by atoms with Gasteiger partial charge in [-0.1, -0.05) is 78.9 Å². The summed E-state index contributed by atoms with van der Waals surface area (Å²) in [5, 5.41) is 16.2. The molecule has 1 aromatic heterocycles. The van der Waals surface area contributed by atoms with Gasteiger partial charge < -0.3 is 5.11 Å². The minimum Gasteiger partial charge on any atom is -0.858 e. The van der Waals surface area contributed by atoms with Crippen LogP contribution in [0.15, 0.2) is 144 Å². The number of carbonyl (C=O) groups excluding carboxylic acids is 2. The maximum absolute atomic E-state index is 13.5. The second kappa shape index (κ2) is 10.7. The summed E-state index contributed by atoms with van der Waals surface area (Å²) in [5.41, 5.74) is 1.36. The molecule has 0 unspecified atom stereocenters. The highest BCUT2D eigenvalue weighted by molar-refractivity contribution is 6.36. The van der Waals surface area contributed by atoms with Crippen molar-refractivity contribution in [2.75, 3.05) is 10.0 Å². The molecule has 8 heteroatoms. The second-order valence-corrected chi connectivity index (χ2v) is 9.16. The van der Waals surface area contributed by atoms with Crippen molar-refractivity contribution >= 4 is 29.3 Å². The standard InChI is InChI=1S/C33H24N4O4/c38-30-28(31(39)35(25-16-7-2-8-17-25)34(30)24-14-5-1-6-15-24)22-13-23-29-32(40)36(26-18-9-3-10-19-26)37(33(29)41)27-20-11-4-12-21-27/h1-23,38H/p-1. The molecule has 41 heavy (non-hydrogen) atoms. The fourth-order valence-corrected chi connectivity index (χ4v) is 4.74. The van der Waals surface area contributed by atoms with Crippen LogP contribution < -0.4 is 20.7 Å². The number of anilines is 2. The molecule has 0 N–H and O–H groups in total. The van der Waals surface area contributed by atoms with Crippen LogP contribution >= 0.6 is 0 Å². The first-order valence-electron chi connectivity index (χ1n) is 12.9. The van der Waals surface area contributed by atoms with E-state index in [0.29, 0.717) is 22.7 Å². The lowest BCUT2D eigenvalue weighted by Crippen LogP contribution is -2.41. The monoisotopic (exact) mass is 539 g/mol. The number of hydrogen-bond donors (Lipinski definition) is 0. The van der Waals surface area contributed by atoms with E-state index >= 15 is 0 Å². The van der Waals surface area contributed by atoms with Gasteiger partial charge in [0.1, 0.15) is 5.57 Å². The normalized spacial score (nSPS) is 13.4. The van der Waals surface area contributed by atoms with Crippen molar-refractivity contribution in [3.05, 3.63) is 155 Å². The molecule has 0 saturated carbocycles. The summed E-state index contributed by atoms with van der Waals surface area (Å²) in [4.78, 5) is 40.6. The zero-order valence-corrected chi connectivity index (χ0v) is 21.7. The van der Waals surface area contributed by atoms with Gasteiger partial charge in [-0.15, -0.1) is 0 Å². The van der Waals surface area contributed by atoms with Gasteiger partial charge in [-0.2, -0.15) is 0 Å². The van der Waals surface area contributed by atoms with Crippen LogP contribution in [0.2, 0.25) is 0 Å². The van der Waals surface area contributed by atoms with Crippen molar-refractivity contribution in [2.45, 2.75) is 0 Å². The Labute approximate surface area is 235 Å². The van der Waals surface area contributed by atoms with E-state index in [9.17, 15) is 19.5 Å². The Bertz CT molecular complexity index is 1780. The number of nitrogens with zero attached hydrogens (tertiary/aromatic N) is 4. The van der Waals surface area contributed by atoms with E-state index in [1.54, 1.807) is 97.1 Å². The van der Waals surface area contributed by atoms with E-state index in [1.165, 1.54) is 37.6 Å². The number of allylic oxidation sites excluding steroid dienone is 2. The molecule has 8 nitrogen and oxygen atoms in total. The topological polar surface area (TPSA) is 90.6 Å². The van der Waals surface area contributed by atoms with Crippen molar-refractivity contribution in [2.24, 2.45) is 0 Å². The minimum atomic E-state index is -0.527. The molecule has 0 aliphatic carbocycles. The summed E-state index contributed by atoms with van der Waals surface area (Å²) in [6.45, 7) is 0. The number of rotatable bonds is 6. The van der Waals surface area contributed by atoms with Crippen LogP contribution in [0, 0.1) is 0 Å². The molecule has 0 bridgehead atoms. The Kier molecular flexibility index (Phi) is 6.63. The van der Waals surface area contributed by atoms with Crippen LogP contribution in [0.4, 0.5) is 11.4 Å². The number of benzene rings is 4. The van der Waals surface area contributed by atoms with Crippen LogP contribution in [-0.4, -0.2) is 21.2 Å². The maximum Gasteiger partial charge on any atom is 0.283 e. The smallest absolute Gasteiger partial charge is 0.283 e. The lowest BCUT2D eigenvalue weighted by atomic mass is 10.2. The minimum absolute atomic E-state index is 0.104. The molecule has 0 spiro atoms. The van der Waals surface area contributed by atoms with E-state index in [1.807, 2.05) is 24.3 Å². The summed E-state index contributed by atoms with van der Waals surface area (Å²) in [6.07, 6.45) is 4.08. The highest BCUT2D eigenvalue weighted by atomic mass is 16.3. The Balaban J connectivity index is 1.43. The molecule has 2 amide bonds. The van der Waals surface area contributed by atoms with Gasteiger partial charge in [0, 0.05) is 5.88 Å². The fraction of sp³-hybridized carbons (Fsp3) is 0. The van der Waals surface area contributed by atoms with Crippen molar-refractivity contribution < 1.29 is 14.7 Å². The van der Waals surface area contributed by atoms with Gasteiger partial charge in [0.15, 0.2) is 0 Å². The third-order valence-corrected chi connectivity index (χ3v) is 6.62. The number of carbonyl (C=O) groups is 2. The molecular formula is C33H23N4O4-. The largest absolute Gasteiger partial charge is 0.858 e. The Morgan fingerprint density at radius 1 is 0.512 bits per heavy atom. The molecule has 1 fully saturated rings. The molecule has 2 heterocycles. The maximum atomic E-state index is 13.5. The Hall–Kier alpha value is -5.89. The number of hydrazine groups is 1. The molecule has 1 saturated heterocycles. The van der Waals surface area contributed by atoms with E-state index in [4.69, 9.17) is 0 Å². The molecule has 1 aliphatic heterocycles. The Morgan fingerprint density at radius 2 is 0.902 bits per heavy atom. The lowest BCUT2D eigenvalue weighted by molar-refractivity contribution is -0.278. The van der Waals surface area contributed by atoms with Gasteiger partial charge in [-0.3, -0.25) is 19.1 Å². The molecule has 200 valence electrons. The molecule has 0 atom stereocenters. The van der Waals surface area contributed by atoms with Crippen LogP contribution in [-0.2, 0) is 9.59 Å². The van der Waals surface area contributed by atoms with Gasteiger partial charge >= 0.3 is 0 Å². The summed E-state index contributed by atoms with van der Waals surface area (Å²) >= 11 is 0. The average molecular weight is 540 g/mol. The van der Waals surface area contributed by atoms with Crippen molar-refractivity contribution in [3.63, 3.8) is 0 Å². The number of amides is 2. The first kappa shape index (κ1) is 25.4. The third kappa shape index (κ3) is 4.53. The van der Waals surface area contributed by atoms with E-state index in [0.717, 1.165) is 0 Å². The predicted octanol–water partition coefficient (Wildman–Crippen LogP) is 4.64. The van der Waals surface area contributed by atoms with Gasteiger partial charge in [0.25, 0.3) is 17.4 Å². The van der Waals surface area contributed by atoms with Gasteiger partial charge in [-0.05, 0) is 60.7 Å². The second-order valence-electron chi connectivity index (χ2n) is 9.16. The first-order valence-corrected chi connectivity index (χ1v) is 12.9. The van der Waals surface area contributed by atoms with E-state index in [-0.39, 0.29) is 11.1 Å². The molecule has 0 radical (unpaired) electrons. The average Bonchev–Trinajstić information content (AvgIpc) is 3.42. The third-order valence-electron chi connectivity index (χ3n) is 6.62. The molecule has 4 aromatic carbocycles. The van der Waals surface area contributed by atoms with E-state index < -0.39 is 23.3 Å². The van der Waals surface area contributed by atoms with Gasteiger partial charge in [-0.25, -0.2) is 14.7 Å². The predicted molar refractivity (Wildman–Crippen MR) is 156 cm³/mol. The van der Waals surface area contributed by atoms with Gasteiger partial charge in [0.05, 0.1) is 28.3 Å². The van der Waals surface area contributed by atoms with Crippen molar-refractivity contribution in [1.82, 2.24) is 9.36 Å². The summed E-state index contributed by atoms with van der Waals surface area (Å²) in [7, 11) is 0. The van der Waals surface area contributed by atoms with Crippen molar-refractivity contribution in [1.29, 1.82) is 0 Å². The Morgan fingerprint density at radius 3 is 1.34 bits per heavy atom. The summed E-state index contributed by atoms with van der Waals surface area (Å²) < 4.78 is 2.62. The highest BCUT2D eigenvalue weighted by Gasteiger charge is 2.42. The lowest BCUT2D eigenvalue weighted by Gasteiger charge is -2.27. The summed E-state index contributed by atoms with van der Waals surface area (Å²) in [6, 6.07) is 35.4. The highest BCUT2D eigenvalue weighted by Crippen LogP contribution is 2.31. The van der Waals surface area contributed by atoms with Crippen LogP contribution in [0.5, 0.6) is 5.88 Å². The summed E-state index contributed by atoms with van der Waals surface area (Å²) in [5.74, 6) is -1.58. The van der Waals surface area contributed by atoms with Gasteiger partial charge in [0.2, 0.25) is 0 Å². The van der Waals surface area contributed by atoms with E-state index in [2.05, 4.69) is 0 Å². The van der Waals surface area contributed by atoms with Crippen molar-refractivity contribution in [3.8, 4) is 17.3 Å². The molecule has 5 aromatic rings. The van der Waals surface area contributed by atoms with Crippen LogP contribution in [0.1, 0.15) is 5.56 Å². The molecular weight excluding hydrogens is 516 g/mol. The zero-order chi connectivity index (χ0) is 28.3. The number of aromatic nitrogens is 2. The fourth-order valence-electron chi connectivity index (χ4n) is 4.74. The first-order chi connectivity index (χ1) is 20.1. The van der Waals surface area contributed by atoms with Crippen LogP contribution in [0.3, 0.4) is 0 Å². The number of para-hydroxylation sites is 4. The molecule has 1 aliphatic rings. The molecule has 6 rings (SSSR count). The SMILES string of the molecule is O=C1C(=CC=Cc2c([O-])n(-c3ccccc3)n(-c3ccccc3)c2=O)C(=O)N(c2ccccc2)N1c1ccccc1. The zero-order valence-electron chi connectivity index (χ0n) is 21.7.